The molecule has 0 bridgehead atoms. The second-order valence-corrected chi connectivity index (χ2v) is 12.4. The largest absolute Gasteiger partial charge is 0.444 e. The lowest BCUT2D eigenvalue weighted by Crippen LogP contribution is -2.42. The van der Waals surface area contributed by atoms with E-state index in [1.165, 1.54) is 11.1 Å². The summed E-state index contributed by atoms with van der Waals surface area (Å²) in [5, 5.41) is 5.77. The summed E-state index contributed by atoms with van der Waals surface area (Å²) in [5.41, 5.74) is 7.36. The van der Waals surface area contributed by atoms with Crippen LogP contribution in [0.25, 0.3) is 33.3 Å². The SMILES string of the molecule is CC(c1ccccc1)n1cc(-c2c[nH]c3ncc(-c4cccc(CC5CCN(C(=O)OC(C)(C)C)CC5)c4)cc23)cn1. The van der Waals surface area contributed by atoms with Gasteiger partial charge in [0.15, 0.2) is 0 Å². The summed E-state index contributed by atoms with van der Waals surface area (Å²) in [6.07, 6.45) is 10.8. The molecule has 7 nitrogen and oxygen atoms in total. The third kappa shape index (κ3) is 6.10. The maximum absolute atomic E-state index is 12.4. The Morgan fingerprint density at radius 2 is 1.79 bits per heavy atom. The molecule has 0 radical (unpaired) electrons. The van der Waals surface area contributed by atoms with E-state index in [0.717, 1.165) is 65.6 Å². The topological polar surface area (TPSA) is 76.0 Å². The van der Waals surface area contributed by atoms with Crippen LogP contribution in [0.4, 0.5) is 4.79 Å². The zero-order chi connectivity index (χ0) is 29.3. The molecular formula is C35H39N5O2. The van der Waals surface area contributed by atoms with Crippen molar-refractivity contribution >= 4 is 17.1 Å². The smallest absolute Gasteiger partial charge is 0.410 e. The molecule has 1 aliphatic heterocycles. The van der Waals surface area contributed by atoms with Gasteiger partial charge in [0.2, 0.25) is 0 Å². The molecule has 1 unspecified atom stereocenters. The number of carbonyl (C=O) groups excluding carboxylic acids is 1. The van der Waals surface area contributed by atoms with Crippen LogP contribution in [0.5, 0.6) is 0 Å². The maximum atomic E-state index is 12.4. The lowest BCUT2D eigenvalue weighted by molar-refractivity contribution is 0.0184. The molecular weight excluding hydrogens is 522 g/mol. The maximum Gasteiger partial charge on any atom is 0.410 e. The van der Waals surface area contributed by atoms with Gasteiger partial charge in [-0.2, -0.15) is 5.10 Å². The van der Waals surface area contributed by atoms with E-state index < -0.39 is 5.60 Å². The number of fused-ring (bicyclic) bond motifs is 1. The first-order valence-corrected chi connectivity index (χ1v) is 14.9. The molecule has 216 valence electrons. The lowest BCUT2D eigenvalue weighted by Gasteiger charge is -2.33. The molecule has 4 heterocycles. The van der Waals surface area contributed by atoms with Gasteiger partial charge in [0.1, 0.15) is 11.2 Å². The number of piperidine rings is 1. The normalized spacial score (nSPS) is 15.2. The second kappa shape index (κ2) is 11.5. The van der Waals surface area contributed by atoms with Crippen LogP contribution in [-0.2, 0) is 11.2 Å². The zero-order valence-corrected chi connectivity index (χ0v) is 24.9. The van der Waals surface area contributed by atoms with Crippen molar-refractivity contribution in [3.05, 3.63) is 96.6 Å². The van der Waals surface area contributed by atoms with E-state index in [-0.39, 0.29) is 12.1 Å². The number of nitrogens with one attached hydrogen (secondary N) is 1. The van der Waals surface area contributed by atoms with Gasteiger partial charge >= 0.3 is 6.09 Å². The van der Waals surface area contributed by atoms with E-state index in [1.54, 1.807) is 0 Å². The fourth-order valence-corrected chi connectivity index (χ4v) is 5.83. The fourth-order valence-electron chi connectivity index (χ4n) is 5.83. The number of H-pyrrole nitrogens is 1. The lowest BCUT2D eigenvalue weighted by atomic mass is 9.89. The van der Waals surface area contributed by atoms with Crippen molar-refractivity contribution in [1.29, 1.82) is 0 Å². The summed E-state index contributed by atoms with van der Waals surface area (Å²) in [7, 11) is 0. The van der Waals surface area contributed by atoms with Crippen LogP contribution in [0.15, 0.2) is 85.5 Å². The first kappa shape index (κ1) is 27.8. The Labute approximate surface area is 247 Å². The van der Waals surface area contributed by atoms with Crippen LogP contribution >= 0.6 is 0 Å². The highest BCUT2D eigenvalue weighted by molar-refractivity contribution is 5.95. The quantitative estimate of drug-likeness (QED) is 0.229. The molecule has 1 amide bonds. The number of nitrogens with zero attached hydrogens (tertiary/aromatic N) is 4. The number of ether oxygens (including phenoxy) is 1. The number of rotatable bonds is 6. The van der Waals surface area contributed by atoms with Crippen molar-refractivity contribution in [3.8, 4) is 22.3 Å². The number of benzene rings is 2. The molecule has 2 aromatic carbocycles. The molecule has 1 saturated heterocycles. The number of pyridine rings is 1. The van der Waals surface area contributed by atoms with Crippen molar-refractivity contribution in [1.82, 2.24) is 24.6 Å². The molecule has 5 aromatic rings. The summed E-state index contributed by atoms with van der Waals surface area (Å²) < 4.78 is 7.58. The average Bonchev–Trinajstić information content (AvgIpc) is 3.64. The van der Waals surface area contributed by atoms with Crippen LogP contribution in [-0.4, -0.2) is 49.4 Å². The van der Waals surface area contributed by atoms with Crippen molar-refractivity contribution in [2.24, 2.45) is 5.92 Å². The molecule has 1 N–H and O–H groups in total. The molecule has 0 saturated carbocycles. The first-order valence-electron chi connectivity index (χ1n) is 14.9. The van der Waals surface area contributed by atoms with Crippen LogP contribution in [0.1, 0.15) is 57.7 Å². The summed E-state index contributed by atoms with van der Waals surface area (Å²) in [4.78, 5) is 22.4. The van der Waals surface area contributed by atoms with Gasteiger partial charge in [-0.15, -0.1) is 0 Å². The molecule has 0 spiro atoms. The Kier molecular flexibility index (Phi) is 7.58. The van der Waals surface area contributed by atoms with Gasteiger partial charge < -0.3 is 14.6 Å². The predicted molar refractivity (Wildman–Crippen MR) is 167 cm³/mol. The number of hydrogen-bond donors (Lipinski definition) is 1. The van der Waals surface area contributed by atoms with Crippen LogP contribution in [0.2, 0.25) is 0 Å². The van der Waals surface area contributed by atoms with E-state index in [4.69, 9.17) is 9.72 Å². The monoisotopic (exact) mass is 561 g/mol. The van der Waals surface area contributed by atoms with E-state index in [1.807, 2.05) is 55.0 Å². The van der Waals surface area contributed by atoms with E-state index in [0.29, 0.717) is 5.92 Å². The Morgan fingerprint density at radius 3 is 2.55 bits per heavy atom. The molecule has 1 fully saturated rings. The number of likely N-dealkylation sites (tertiary alicyclic amines) is 1. The number of carbonyl (C=O) groups is 1. The van der Waals surface area contributed by atoms with Gasteiger partial charge in [0.05, 0.1) is 12.2 Å². The summed E-state index contributed by atoms with van der Waals surface area (Å²) in [6, 6.07) is 21.6. The standard InChI is InChI=1S/C35H39N5O2/c1-24(27-10-6-5-7-11-27)40-23-30(21-38-40)32-22-37-33-31(32)19-29(20-36-33)28-12-8-9-26(18-28)17-25-13-15-39(16-14-25)34(41)42-35(2,3)4/h5-12,18-25H,13-17H2,1-4H3,(H,36,37). The fraction of sp³-hybridized carbons (Fsp3) is 0.343. The summed E-state index contributed by atoms with van der Waals surface area (Å²) >= 11 is 0. The highest BCUT2D eigenvalue weighted by Gasteiger charge is 2.27. The minimum atomic E-state index is -0.462. The highest BCUT2D eigenvalue weighted by Crippen LogP contribution is 2.32. The van der Waals surface area contributed by atoms with Gasteiger partial charge in [0.25, 0.3) is 0 Å². The zero-order valence-electron chi connectivity index (χ0n) is 24.9. The molecule has 3 aromatic heterocycles. The molecule has 6 rings (SSSR count). The van der Waals surface area contributed by atoms with Gasteiger partial charge in [-0.1, -0.05) is 54.6 Å². The van der Waals surface area contributed by atoms with E-state index in [2.05, 4.69) is 77.8 Å². The number of hydrogen-bond acceptors (Lipinski definition) is 4. The molecule has 1 atom stereocenters. The number of aromatic amines is 1. The number of amides is 1. The predicted octanol–water partition coefficient (Wildman–Crippen LogP) is 7.89. The minimum absolute atomic E-state index is 0.145. The van der Waals surface area contributed by atoms with Crippen LogP contribution in [0.3, 0.4) is 0 Å². The van der Waals surface area contributed by atoms with Gasteiger partial charge in [-0.25, -0.2) is 9.78 Å². The molecule has 7 heteroatoms. The van der Waals surface area contributed by atoms with Gasteiger partial charge in [-0.05, 0) is 75.6 Å². The van der Waals surface area contributed by atoms with Crippen molar-refractivity contribution < 1.29 is 9.53 Å². The summed E-state index contributed by atoms with van der Waals surface area (Å²) in [5.74, 6) is 0.547. The number of aromatic nitrogens is 4. The van der Waals surface area contributed by atoms with Crippen molar-refractivity contribution in [2.45, 2.75) is 58.6 Å². The Hall–Kier alpha value is -4.39. The average molecular weight is 562 g/mol. The third-order valence-electron chi connectivity index (χ3n) is 8.17. The highest BCUT2D eigenvalue weighted by atomic mass is 16.6. The Balaban J connectivity index is 1.17. The van der Waals surface area contributed by atoms with E-state index >= 15 is 0 Å². The van der Waals surface area contributed by atoms with Crippen molar-refractivity contribution in [3.63, 3.8) is 0 Å². The Bertz CT molecular complexity index is 1670. The van der Waals surface area contributed by atoms with E-state index in [9.17, 15) is 4.79 Å². The van der Waals surface area contributed by atoms with Crippen LogP contribution < -0.4 is 0 Å². The third-order valence-corrected chi connectivity index (χ3v) is 8.17. The first-order chi connectivity index (χ1) is 20.2. The molecule has 0 aliphatic carbocycles. The Morgan fingerprint density at radius 1 is 1.00 bits per heavy atom. The molecule has 42 heavy (non-hydrogen) atoms. The van der Waals surface area contributed by atoms with Crippen LogP contribution in [0, 0.1) is 5.92 Å². The van der Waals surface area contributed by atoms with Gasteiger partial charge in [0, 0.05) is 53.8 Å². The molecule has 1 aliphatic rings. The second-order valence-electron chi connectivity index (χ2n) is 12.4. The summed E-state index contributed by atoms with van der Waals surface area (Å²) in [6.45, 7) is 9.40. The van der Waals surface area contributed by atoms with Gasteiger partial charge in [-0.3, -0.25) is 4.68 Å². The minimum Gasteiger partial charge on any atom is -0.444 e. The van der Waals surface area contributed by atoms with Crippen molar-refractivity contribution in [2.75, 3.05) is 13.1 Å².